The Kier molecular flexibility index (Phi) is 7.67. The van der Waals surface area contributed by atoms with Gasteiger partial charge in [-0.05, 0) is 49.4 Å². The molecule has 0 aliphatic carbocycles. The van der Waals surface area contributed by atoms with Gasteiger partial charge in [0.05, 0.1) is 18.2 Å². The Morgan fingerprint density at radius 1 is 1.12 bits per heavy atom. The van der Waals surface area contributed by atoms with E-state index in [2.05, 4.69) is 10.9 Å². The molecule has 3 rings (SSSR count). The van der Waals surface area contributed by atoms with Crippen molar-refractivity contribution >= 4 is 33.4 Å². The van der Waals surface area contributed by atoms with Crippen LogP contribution in [0.1, 0.15) is 17.3 Å². The number of nitrogens with one attached hydrogen (secondary N) is 2. The third-order valence-electron chi connectivity index (χ3n) is 4.58. The van der Waals surface area contributed by atoms with Gasteiger partial charge in [-0.3, -0.25) is 20.4 Å². The molecule has 1 atom stereocenters. The summed E-state index contributed by atoms with van der Waals surface area (Å²) in [6, 6.07) is 8.87. The number of hydrogen-bond donors (Lipinski definition) is 2. The van der Waals surface area contributed by atoms with E-state index in [4.69, 9.17) is 21.1 Å². The molecule has 9 nitrogen and oxygen atoms in total. The monoisotopic (exact) mass is 485 g/mol. The van der Waals surface area contributed by atoms with E-state index in [1.54, 1.807) is 0 Å². The first-order valence-electron chi connectivity index (χ1n) is 9.58. The number of amides is 2. The number of hydrogen-bond acceptors (Lipinski definition) is 6. The molecule has 2 aromatic rings. The summed E-state index contributed by atoms with van der Waals surface area (Å²) in [5.41, 5.74) is 4.38. The maximum atomic E-state index is 12.9. The quantitative estimate of drug-likeness (QED) is 0.602. The number of carbonyl (C=O) groups excluding carboxylic acids is 2. The Labute approximate surface area is 189 Å². The van der Waals surface area contributed by atoms with Crippen molar-refractivity contribution in [3.63, 3.8) is 0 Å². The summed E-state index contributed by atoms with van der Waals surface area (Å²) in [5.74, 6) is -1.59. The number of benzene rings is 2. The number of hydrazine groups is 1. The van der Waals surface area contributed by atoms with E-state index in [1.807, 2.05) is 0 Å². The zero-order valence-electron chi connectivity index (χ0n) is 17.0. The summed E-state index contributed by atoms with van der Waals surface area (Å²) < 4.78 is 50.5. The molecule has 2 N–H and O–H groups in total. The van der Waals surface area contributed by atoms with Crippen LogP contribution in [0, 0.1) is 5.82 Å². The minimum Gasteiger partial charge on any atom is -0.481 e. The number of carbonyl (C=O) groups is 2. The molecule has 172 valence electrons. The third kappa shape index (κ3) is 5.74. The van der Waals surface area contributed by atoms with Crippen molar-refractivity contribution in [2.45, 2.75) is 17.9 Å². The standard InChI is InChI=1S/C20H21ClFN3O6S/c1-13(31-16-5-3-15(22)4-6-16)19(26)23-24-20(27)14-2-7-17(21)18(12-14)32(28,29)25-8-10-30-11-9-25/h2-7,12-13H,8-11H2,1H3,(H,23,26)(H,24,27). The molecule has 12 heteroatoms. The van der Waals surface area contributed by atoms with Gasteiger partial charge >= 0.3 is 0 Å². The van der Waals surface area contributed by atoms with E-state index in [1.165, 1.54) is 47.6 Å². The van der Waals surface area contributed by atoms with Crippen LogP contribution in [0.5, 0.6) is 5.75 Å². The number of morpholine rings is 1. The summed E-state index contributed by atoms with van der Waals surface area (Å²) in [4.78, 5) is 24.4. The minimum absolute atomic E-state index is 0.0198. The number of ether oxygens (including phenoxy) is 2. The fourth-order valence-corrected chi connectivity index (χ4v) is 4.74. The summed E-state index contributed by atoms with van der Waals surface area (Å²) in [5, 5.41) is -0.0293. The molecule has 2 aromatic carbocycles. The van der Waals surface area contributed by atoms with Crippen molar-refractivity contribution in [3.05, 3.63) is 58.9 Å². The van der Waals surface area contributed by atoms with Gasteiger partial charge in [-0.25, -0.2) is 12.8 Å². The van der Waals surface area contributed by atoms with Crippen LogP contribution in [0.15, 0.2) is 47.4 Å². The highest BCUT2D eigenvalue weighted by atomic mass is 35.5. The number of halogens is 2. The second-order valence-corrected chi connectivity index (χ2v) is 9.13. The predicted octanol–water partition coefficient (Wildman–Crippen LogP) is 1.73. The van der Waals surface area contributed by atoms with Crippen LogP contribution in [0.3, 0.4) is 0 Å². The predicted molar refractivity (Wildman–Crippen MR) is 113 cm³/mol. The van der Waals surface area contributed by atoms with Crippen molar-refractivity contribution in [2.75, 3.05) is 26.3 Å². The van der Waals surface area contributed by atoms with Crippen LogP contribution in [-0.4, -0.2) is 56.9 Å². The van der Waals surface area contributed by atoms with Crippen LogP contribution in [0.25, 0.3) is 0 Å². The van der Waals surface area contributed by atoms with Gasteiger partial charge in [-0.2, -0.15) is 4.31 Å². The SMILES string of the molecule is CC(Oc1ccc(F)cc1)C(=O)NNC(=O)c1ccc(Cl)c(S(=O)(=O)N2CCOCC2)c1. The normalized spacial score (nSPS) is 15.6. The highest BCUT2D eigenvalue weighted by Gasteiger charge is 2.29. The Balaban J connectivity index is 1.64. The molecule has 1 aliphatic rings. The fraction of sp³-hybridized carbons (Fsp3) is 0.300. The summed E-state index contributed by atoms with van der Waals surface area (Å²) in [7, 11) is -3.92. The lowest BCUT2D eigenvalue weighted by Crippen LogP contribution is -2.47. The van der Waals surface area contributed by atoms with Gasteiger partial charge in [0.2, 0.25) is 10.0 Å². The Morgan fingerprint density at radius 2 is 1.78 bits per heavy atom. The first-order chi connectivity index (χ1) is 15.2. The van der Waals surface area contributed by atoms with Gasteiger partial charge in [-0.1, -0.05) is 11.6 Å². The second-order valence-electron chi connectivity index (χ2n) is 6.82. The summed E-state index contributed by atoms with van der Waals surface area (Å²) >= 11 is 6.08. The molecular formula is C20H21ClFN3O6S. The van der Waals surface area contributed by atoms with Gasteiger partial charge in [0.25, 0.3) is 11.8 Å². The van der Waals surface area contributed by atoms with Crippen molar-refractivity contribution in [2.24, 2.45) is 0 Å². The zero-order chi connectivity index (χ0) is 23.3. The molecule has 0 radical (unpaired) electrons. The van der Waals surface area contributed by atoms with Crippen LogP contribution >= 0.6 is 11.6 Å². The number of rotatable bonds is 6. The molecule has 1 saturated heterocycles. The van der Waals surface area contributed by atoms with E-state index >= 15 is 0 Å². The lowest BCUT2D eigenvalue weighted by molar-refractivity contribution is -0.128. The van der Waals surface area contributed by atoms with Crippen LogP contribution in [0.4, 0.5) is 4.39 Å². The first kappa shape index (κ1) is 23.9. The molecule has 32 heavy (non-hydrogen) atoms. The highest BCUT2D eigenvalue weighted by Crippen LogP contribution is 2.26. The summed E-state index contributed by atoms with van der Waals surface area (Å²) in [6.45, 7) is 2.33. The van der Waals surface area contributed by atoms with Crippen molar-refractivity contribution < 1.29 is 31.9 Å². The van der Waals surface area contributed by atoms with Gasteiger partial charge in [0.1, 0.15) is 16.5 Å². The fourth-order valence-electron chi connectivity index (χ4n) is 2.83. The Bertz CT molecular complexity index is 1090. The van der Waals surface area contributed by atoms with Crippen molar-refractivity contribution in [3.8, 4) is 5.75 Å². The van der Waals surface area contributed by atoms with Crippen LogP contribution in [-0.2, 0) is 19.6 Å². The molecule has 1 heterocycles. The van der Waals surface area contributed by atoms with Crippen LogP contribution < -0.4 is 15.6 Å². The van der Waals surface area contributed by atoms with E-state index in [9.17, 15) is 22.4 Å². The van der Waals surface area contributed by atoms with Crippen LogP contribution in [0.2, 0.25) is 5.02 Å². The number of sulfonamides is 1. The average Bonchev–Trinajstić information content (AvgIpc) is 2.79. The average molecular weight is 486 g/mol. The van der Waals surface area contributed by atoms with Gasteiger partial charge in [-0.15, -0.1) is 0 Å². The summed E-state index contributed by atoms with van der Waals surface area (Å²) in [6.07, 6.45) is -0.997. The van der Waals surface area contributed by atoms with Crippen molar-refractivity contribution in [1.82, 2.24) is 15.2 Å². The largest absolute Gasteiger partial charge is 0.481 e. The van der Waals surface area contributed by atoms with E-state index in [0.29, 0.717) is 0 Å². The van der Waals surface area contributed by atoms with Crippen molar-refractivity contribution in [1.29, 1.82) is 0 Å². The van der Waals surface area contributed by atoms with Gasteiger partial charge in [0, 0.05) is 18.7 Å². The zero-order valence-corrected chi connectivity index (χ0v) is 18.6. The highest BCUT2D eigenvalue weighted by molar-refractivity contribution is 7.89. The first-order valence-corrected chi connectivity index (χ1v) is 11.4. The molecule has 1 aliphatic heterocycles. The molecule has 2 amide bonds. The lowest BCUT2D eigenvalue weighted by Gasteiger charge is -2.26. The molecule has 0 spiro atoms. The molecular weight excluding hydrogens is 465 g/mol. The third-order valence-corrected chi connectivity index (χ3v) is 6.96. The number of nitrogens with zero attached hydrogens (tertiary/aromatic N) is 1. The van der Waals surface area contributed by atoms with Gasteiger partial charge < -0.3 is 9.47 Å². The maximum Gasteiger partial charge on any atom is 0.279 e. The molecule has 0 saturated carbocycles. The topological polar surface area (TPSA) is 114 Å². The minimum atomic E-state index is -3.92. The molecule has 1 unspecified atom stereocenters. The Morgan fingerprint density at radius 3 is 2.44 bits per heavy atom. The van der Waals surface area contributed by atoms with E-state index < -0.39 is 33.8 Å². The van der Waals surface area contributed by atoms with Gasteiger partial charge in [0.15, 0.2) is 6.10 Å². The molecule has 0 aromatic heterocycles. The van der Waals surface area contributed by atoms with E-state index in [0.717, 1.165) is 6.07 Å². The second kappa shape index (κ2) is 10.3. The Hall–Kier alpha value is -2.73. The molecule has 0 bridgehead atoms. The molecule has 1 fully saturated rings. The smallest absolute Gasteiger partial charge is 0.279 e. The maximum absolute atomic E-state index is 12.9. The van der Waals surface area contributed by atoms with E-state index in [-0.39, 0.29) is 47.5 Å². The lowest BCUT2D eigenvalue weighted by atomic mass is 10.2.